The highest BCUT2D eigenvalue weighted by atomic mass is 16.2. The van der Waals surface area contributed by atoms with Gasteiger partial charge < -0.3 is 11.1 Å². The molecule has 1 unspecified atom stereocenters. The summed E-state index contributed by atoms with van der Waals surface area (Å²) in [6, 6.07) is 10.7. The Morgan fingerprint density at radius 1 is 1.32 bits per heavy atom. The van der Waals surface area contributed by atoms with Crippen molar-refractivity contribution >= 4 is 23.5 Å². The van der Waals surface area contributed by atoms with Crippen molar-refractivity contribution in [2.75, 3.05) is 12.4 Å². The second-order valence-corrected chi connectivity index (χ2v) is 6.15. The number of hydrogen-bond acceptors (Lipinski definition) is 5. The maximum Gasteiger partial charge on any atom is 0.257 e. The first-order chi connectivity index (χ1) is 11.9. The van der Waals surface area contributed by atoms with Crippen LogP contribution >= 0.6 is 0 Å². The number of guanidine groups is 1. The van der Waals surface area contributed by atoms with Crippen LogP contribution in [0.25, 0.3) is 0 Å². The molecule has 3 N–H and O–H groups in total. The summed E-state index contributed by atoms with van der Waals surface area (Å²) in [5.74, 6) is -0.166. The number of nitrogens with one attached hydrogen (secondary N) is 1. The van der Waals surface area contributed by atoms with Crippen molar-refractivity contribution in [1.29, 1.82) is 0 Å². The number of hydrogen-bond donors (Lipinski definition) is 2. The molecule has 7 heteroatoms. The molecule has 0 bridgehead atoms. The van der Waals surface area contributed by atoms with Gasteiger partial charge in [0.05, 0.1) is 17.5 Å². The number of anilines is 1. The fourth-order valence-electron chi connectivity index (χ4n) is 2.71. The molecule has 1 atom stereocenters. The number of rotatable bonds is 3. The molecule has 2 amide bonds. The number of pyridine rings is 1. The average Bonchev–Trinajstić information content (AvgIpc) is 2.60. The van der Waals surface area contributed by atoms with Gasteiger partial charge >= 0.3 is 0 Å². The van der Waals surface area contributed by atoms with Gasteiger partial charge in [0.15, 0.2) is 5.96 Å². The molecule has 2 aromatic rings. The van der Waals surface area contributed by atoms with E-state index in [4.69, 9.17) is 5.73 Å². The molecule has 0 radical (unpaired) electrons. The summed E-state index contributed by atoms with van der Waals surface area (Å²) in [6.07, 6.45) is 3.32. The van der Waals surface area contributed by atoms with Gasteiger partial charge in [-0.05, 0) is 36.8 Å². The van der Waals surface area contributed by atoms with Gasteiger partial charge in [0.25, 0.3) is 5.91 Å². The molecule has 0 saturated carbocycles. The number of carbonyl (C=O) groups excluding carboxylic acids is 2. The van der Waals surface area contributed by atoms with E-state index >= 15 is 0 Å². The number of carbonyl (C=O) groups is 2. The zero-order chi connectivity index (χ0) is 18.0. The molecule has 1 aromatic heterocycles. The summed E-state index contributed by atoms with van der Waals surface area (Å²) in [5.41, 5.74) is 6.99. The van der Waals surface area contributed by atoms with Crippen LogP contribution in [0, 0.1) is 0 Å². The van der Waals surface area contributed by atoms with Gasteiger partial charge in [0, 0.05) is 25.1 Å². The lowest BCUT2D eigenvalue weighted by atomic mass is 9.87. The smallest absolute Gasteiger partial charge is 0.257 e. The summed E-state index contributed by atoms with van der Waals surface area (Å²) in [5, 5.41) is 2.83. The first kappa shape index (κ1) is 16.6. The largest absolute Gasteiger partial charge is 0.369 e. The van der Waals surface area contributed by atoms with Crippen molar-refractivity contribution in [3.05, 3.63) is 59.9 Å². The Hall–Kier alpha value is -3.22. The Morgan fingerprint density at radius 2 is 2.12 bits per heavy atom. The van der Waals surface area contributed by atoms with E-state index in [9.17, 15) is 9.59 Å². The second kappa shape index (κ2) is 6.35. The highest BCUT2D eigenvalue weighted by Gasteiger charge is 2.36. The zero-order valence-corrected chi connectivity index (χ0v) is 14.1. The van der Waals surface area contributed by atoms with E-state index in [1.54, 1.807) is 31.4 Å². The predicted octanol–water partition coefficient (Wildman–Crippen LogP) is 1.73. The molecule has 0 spiro atoms. The Kier molecular flexibility index (Phi) is 4.22. The van der Waals surface area contributed by atoms with Gasteiger partial charge in [-0.25, -0.2) is 4.99 Å². The normalized spacial score (nSPS) is 20.2. The Balaban J connectivity index is 1.87. The van der Waals surface area contributed by atoms with Crippen molar-refractivity contribution in [2.24, 2.45) is 10.7 Å². The summed E-state index contributed by atoms with van der Waals surface area (Å²) < 4.78 is 0. The minimum absolute atomic E-state index is 0.0974. The first-order valence-electron chi connectivity index (χ1n) is 7.83. The molecule has 25 heavy (non-hydrogen) atoms. The van der Waals surface area contributed by atoms with Crippen molar-refractivity contribution in [3.63, 3.8) is 0 Å². The second-order valence-electron chi connectivity index (χ2n) is 6.15. The van der Waals surface area contributed by atoms with E-state index in [0.29, 0.717) is 11.3 Å². The van der Waals surface area contributed by atoms with Crippen molar-refractivity contribution in [3.8, 4) is 0 Å². The number of aromatic nitrogens is 1. The van der Waals surface area contributed by atoms with Crippen LogP contribution in [0.3, 0.4) is 0 Å². The summed E-state index contributed by atoms with van der Waals surface area (Å²) in [6.45, 7) is 1.85. The van der Waals surface area contributed by atoms with Gasteiger partial charge in [-0.2, -0.15) is 0 Å². The van der Waals surface area contributed by atoms with E-state index in [0.717, 1.165) is 5.56 Å². The molecule has 3 rings (SSSR count). The summed E-state index contributed by atoms with van der Waals surface area (Å²) in [4.78, 5) is 34.2. The lowest BCUT2D eigenvalue weighted by Crippen LogP contribution is -2.47. The third-order valence-corrected chi connectivity index (χ3v) is 4.24. The Morgan fingerprint density at radius 3 is 2.80 bits per heavy atom. The molecule has 128 valence electrons. The highest BCUT2D eigenvalue weighted by Crippen LogP contribution is 2.34. The number of benzene rings is 1. The van der Waals surface area contributed by atoms with E-state index < -0.39 is 5.54 Å². The average molecular weight is 337 g/mol. The number of amides is 2. The lowest BCUT2D eigenvalue weighted by molar-refractivity contribution is -0.128. The van der Waals surface area contributed by atoms with E-state index in [1.165, 1.54) is 11.1 Å². The van der Waals surface area contributed by atoms with E-state index in [2.05, 4.69) is 15.3 Å². The van der Waals surface area contributed by atoms with Crippen LogP contribution in [0.1, 0.15) is 29.3 Å². The molecule has 0 saturated heterocycles. The van der Waals surface area contributed by atoms with Gasteiger partial charge in [-0.3, -0.25) is 19.5 Å². The van der Waals surface area contributed by atoms with Crippen LogP contribution in [0.4, 0.5) is 5.69 Å². The fourth-order valence-corrected chi connectivity index (χ4v) is 2.71. The van der Waals surface area contributed by atoms with Crippen LogP contribution in [-0.4, -0.2) is 34.7 Å². The Bertz CT molecular complexity index is 850. The number of nitrogens with zero attached hydrogens (tertiary/aromatic N) is 3. The van der Waals surface area contributed by atoms with Gasteiger partial charge in [-0.1, -0.05) is 12.1 Å². The van der Waals surface area contributed by atoms with Crippen LogP contribution < -0.4 is 11.1 Å². The van der Waals surface area contributed by atoms with E-state index in [-0.39, 0.29) is 24.2 Å². The maximum atomic E-state index is 12.3. The molecule has 1 aliphatic heterocycles. The van der Waals surface area contributed by atoms with Crippen LogP contribution in [0.2, 0.25) is 0 Å². The SMILES string of the molecule is CN1C(=O)CC(C)(c2cccc(NC(=O)c3cccnc3)c2)N=C1N. The standard InChI is InChI=1S/C18H19N5O2/c1-18(10-15(24)23(2)17(19)22-18)13-6-3-7-14(9-13)21-16(25)12-5-4-8-20-11-12/h3-9,11H,10H2,1-2H3,(H2,19,22)(H,21,25). The molecule has 0 fully saturated rings. The van der Waals surface area contributed by atoms with Crippen molar-refractivity contribution in [1.82, 2.24) is 9.88 Å². The van der Waals surface area contributed by atoms with Crippen LogP contribution in [0.5, 0.6) is 0 Å². The lowest BCUT2D eigenvalue weighted by Gasteiger charge is -2.33. The first-order valence-corrected chi connectivity index (χ1v) is 7.83. The maximum absolute atomic E-state index is 12.3. The molecule has 2 heterocycles. The van der Waals surface area contributed by atoms with Gasteiger partial charge in [0.1, 0.15) is 0 Å². The molecule has 1 aromatic carbocycles. The molecule has 0 aliphatic carbocycles. The molecular formula is C18H19N5O2. The van der Waals surface area contributed by atoms with Gasteiger partial charge in [-0.15, -0.1) is 0 Å². The fraction of sp³-hybridized carbons (Fsp3) is 0.222. The van der Waals surface area contributed by atoms with Gasteiger partial charge in [0.2, 0.25) is 5.91 Å². The minimum atomic E-state index is -0.761. The third-order valence-electron chi connectivity index (χ3n) is 4.24. The van der Waals surface area contributed by atoms with Crippen molar-refractivity contribution < 1.29 is 9.59 Å². The van der Waals surface area contributed by atoms with E-state index in [1.807, 2.05) is 25.1 Å². The summed E-state index contributed by atoms with van der Waals surface area (Å²) >= 11 is 0. The quantitative estimate of drug-likeness (QED) is 0.890. The molecule has 1 aliphatic rings. The highest BCUT2D eigenvalue weighted by molar-refractivity contribution is 6.04. The monoisotopic (exact) mass is 337 g/mol. The zero-order valence-electron chi connectivity index (χ0n) is 14.1. The Labute approximate surface area is 145 Å². The topological polar surface area (TPSA) is 101 Å². The molecular weight excluding hydrogens is 318 g/mol. The van der Waals surface area contributed by atoms with Crippen molar-refractivity contribution in [2.45, 2.75) is 18.9 Å². The third kappa shape index (κ3) is 3.35. The molecule has 7 nitrogen and oxygen atoms in total. The summed E-state index contributed by atoms with van der Waals surface area (Å²) in [7, 11) is 1.60. The number of nitrogens with two attached hydrogens (primary N) is 1. The van der Waals surface area contributed by atoms with Crippen LogP contribution in [-0.2, 0) is 10.3 Å². The van der Waals surface area contributed by atoms with Crippen LogP contribution in [0.15, 0.2) is 53.8 Å². The minimum Gasteiger partial charge on any atom is -0.369 e. The number of aliphatic imine (C=N–C) groups is 1. The predicted molar refractivity (Wildman–Crippen MR) is 95.0 cm³/mol.